The average Bonchev–Trinajstić information content (AvgIpc) is 3.22. The van der Waals surface area contributed by atoms with Gasteiger partial charge in [-0.1, -0.05) is 31.2 Å². The van der Waals surface area contributed by atoms with Gasteiger partial charge in [-0.25, -0.2) is 9.07 Å². The summed E-state index contributed by atoms with van der Waals surface area (Å²) in [5, 5.41) is 11.2. The van der Waals surface area contributed by atoms with E-state index in [-0.39, 0.29) is 30.0 Å². The highest BCUT2D eigenvalue weighted by molar-refractivity contribution is 6.07. The normalized spacial score (nSPS) is 15.2. The van der Waals surface area contributed by atoms with Crippen LogP contribution in [-0.4, -0.2) is 45.5 Å². The van der Waals surface area contributed by atoms with Crippen LogP contribution in [0.2, 0.25) is 0 Å². The SMILES string of the molecule is CCC(CC)NC(=O)C1CN(C(=O)c2nnn(-c3ccc(F)cc3)c2C)c2ccccc2O1. The number of fused-ring (bicyclic) bond motifs is 1. The minimum atomic E-state index is -0.850. The highest BCUT2D eigenvalue weighted by Crippen LogP contribution is 2.34. The van der Waals surface area contributed by atoms with Gasteiger partial charge < -0.3 is 10.1 Å². The molecule has 3 aromatic rings. The van der Waals surface area contributed by atoms with Crippen molar-refractivity contribution in [2.45, 2.75) is 45.8 Å². The lowest BCUT2D eigenvalue weighted by atomic mass is 10.1. The summed E-state index contributed by atoms with van der Waals surface area (Å²) in [7, 11) is 0. The van der Waals surface area contributed by atoms with Crippen molar-refractivity contribution in [3.05, 3.63) is 65.7 Å². The second kappa shape index (κ2) is 9.40. The van der Waals surface area contributed by atoms with E-state index in [0.29, 0.717) is 22.8 Å². The zero-order valence-corrected chi connectivity index (χ0v) is 18.8. The maximum absolute atomic E-state index is 13.5. The molecule has 0 spiro atoms. The van der Waals surface area contributed by atoms with Crippen LogP contribution in [0, 0.1) is 12.7 Å². The number of halogens is 1. The standard InChI is InChI=1S/C24H26FN5O3/c1-4-17(5-2)26-23(31)21-14-29(19-8-6-7-9-20(19)33-21)24(32)22-15(3)30(28-27-22)18-12-10-16(25)11-13-18/h6-13,17,21H,4-5,14H2,1-3H3,(H,26,31). The summed E-state index contributed by atoms with van der Waals surface area (Å²) >= 11 is 0. The Labute approximate surface area is 191 Å². The third-order valence-electron chi connectivity index (χ3n) is 5.81. The summed E-state index contributed by atoms with van der Waals surface area (Å²) in [4.78, 5) is 27.9. The number of amides is 2. The van der Waals surface area contributed by atoms with Crippen molar-refractivity contribution in [1.82, 2.24) is 20.3 Å². The van der Waals surface area contributed by atoms with Gasteiger partial charge in [-0.15, -0.1) is 5.10 Å². The number of ether oxygens (including phenoxy) is 1. The number of carbonyl (C=O) groups is 2. The molecular weight excluding hydrogens is 425 g/mol. The van der Waals surface area contributed by atoms with Gasteiger partial charge in [0.15, 0.2) is 11.8 Å². The molecule has 0 aliphatic carbocycles. The number of aromatic nitrogens is 3. The van der Waals surface area contributed by atoms with E-state index in [4.69, 9.17) is 4.74 Å². The van der Waals surface area contributed by atoms with Crippen LogP contribution in [0.25, 0.3) is 5.69 Å². The van der Waals surface area contributed by atoms with Gasteiger partial charge in [0, 0.05) is 6.04 Å². The van der Waals surface area contributed by atoms with E-state index in [1.54, 1.807) is 43.3 Å². The first kappa shape index (κ1) is 22.4. The highest BCUT2D eigenvalue weighted by Gasteiger charge is 2.36. The molecule has 0 saturated carbocycles. The topological polar surface area (TPSA) is 89.4 Å². The lowest BCUT2D eigenvalue weighted by Crippen LogP contribution is -2.52. The molecule has 1 aliphatic heterocycles. The largest absolute Gasteiger partial charge is 0.477 e. The Bertz CT molecular complexity index is 1160. The first-order valence-electron chi connectivity index (χ1n) is 11.0. The van der Waals surface area contributed by atoms with Crippen LogP contribution in [0.15, 0.2) is 48.5 Å². The van der Waals surface area contributed by atoms with Crippen LogP contribution in [0.3, 0.4) is 0 Å². The van der Waals surface area contributed by atoms with E-state index < -0.39 is 12.0 Å². The molecule has 1 atom stereocenters. The number of rotatable bonds is 6. The van der Waals surface area contributed by atoms with E-state index in [1.165, 1.54) is 21.7 Å². The molecule has 1 unspecified atom stereocenters. The van der Waals surface area contributed by atoms with Crippen molar-refractivity contribution in [1.29, 1.82) is 0 Å². The van der Waals surface area contributed by atoms with Gasteiger partial charge in [0.25, 0.3) is 11.8 Å². The summed E-state index contributed by atoms with van der Waals surface area (Å²) in [5.74, 6) is -0.569. The number of hydrogen-bond acceptors (Lipinski definition) is 5. The Morgan fingerprint density at radius 3 is 2.55 bits per heavy atom. The van der Waals surface area contributed by atoms with Crippen molar-refractivity contribution in [2.75, 3.05) is 11.4 Å². The molecule has 0 radical (unpaired) electrons. The Morgan fingerprint density at radius 1 is 1.15 bits per heavy atom. The van der Waals surface area contributed by atoms with Crippen LogP contribution in [-0.2, 0) is 4.79 Å². The molecule has 1 N–H and O–H groups in total. The number of hydrogen-bond donors (Lipinski definition) is 1. The summed E-state index contributed by atoms with van der Waals surface area (Å²) in [5.41, 5.74) is 1.80. The van der Waals surface area contributed by atoms with Crippen molar-refractivity contribution in [3.8, 4) is 11.4 Å². The van der Waals surface area contributed by atoms with Crippen LogP contribution in [0.1, 0.15) is 42.9 Å². The van der Waals surface area contributed by atoms with Gasteiger partial charge in [-0.05, 0) is 56.2 Å². The molecule has 1 aliphatic rings. The van der Waals surface area contributed by atoms with Crippen molar-refractivity contribution in [2.24, 2.45) is 0 Å². The molecule has 172 valence electrons. The summed E-state index contributed by atoms with van der Waals surface area (Å²) in [6.07, 6.45) is 0.761. The lowest BCUT2D eigenvalue weighted by molar-refractivity contribution is -0.128. The molecule has 4 rings (SSSR count). The molecule has 9 heteroatoms. The summed E-state index contributed by atoms with van der Waals surface area (Å²) < 4.78 is 20.7. The fourth-order valence-corrected chi connectivity index (χ4v) is 3.83. The Morgan fingerprint density at radius 2 is 1.85 bits per heavy atom. The highest BCUT2D eigenvalue weighted by atomic mass is 19.1. The second-order valence-electron chi connectivity index (χ2n) is 7.92. The maximum Gasteiger partial charge on any atom is 0.281 e. The lowest BCUT2D eigenvalue weighted by Gasteiger charge is -2.34. The number of nitrogens with zero attached hydrogens (tertiary/aromatic N) is 4. The maximum atomic E-state index is 13.5. The van der Waals surface area contributed by atoms with Gasteiger partial charge in [-0.2, -0.15) is 0 Å². The first-order chi connectivity index (χ1) is 15.9. The Hall–Kier alpha value is -3.75. The van der Waals surface area contributed by atoms with E-state index in [0.717, 1.165) is 12.8 Å². The number of carbonyl (C=O) groups excluding carboxylic acids is 2. The molecule has 2 heterocycles. The monoisotopic (exact) mass is 451 g/mol. The second-order valence-corrected chi connectivity index (χ2v) is 7.92. The minimum Gasteiger partial charge on any atom is -0.477 e. The quantitative estimate of drug-likeness (QED) is 0.620. The van der Waals surface area contributed by atoms with Crippen LogP contribution >= 0.6 is 0 Å². The summed E-state index contributed by atoms with van der Waals surface area (Å²) in [6.45, 7) is 5.79. The van der Waals surface area contributed by atoms with E-state index in [9.17, 15) is 14.0 Å². The van der Waals surface area contributed by atoms with Crippen molar-refractivity contribution in [3.63, 3.8) is 0 Å². The van der Waals surface area contributed by atoms with Gasteiger partial charge in [-0.3, -0.25) is 14.5 Å². The van der Waals surface area contributed by atoms with Crippen LogP contribution < -0.4 is 15.0 Å². The molecule has 0 fully saturated rings. The van der Waals surface area contributed by atoms with Gasteiger partial charge >= 0.3 is 0 Å². The Kier molecular flexibility index (Phi) is 6.39. The van der Waals surface area contributed by atoms with E-state index >= 15 is 0 Å². The van der Waals surface area contributed by atoms with E-state index in [1.807, 2.05) is 13.8 Å². The molecule has 2 amide bonds. The zero-order chi connectivity index (χ0) is 23.5. The molecule has 8 nitrogen and oxygen atoms in total. The Balaban J connectivity index is 1.64. The smallest absolute Gasteiger partial charge is 0.281 e. The minimum absolute atomic E-state index is 0.0419. The molecule has 2 aromatic carbocycles. The van der Waals surface area contributed by atoms with Gasteiger partial charge in [0.05, 0.1) is 23.6 Å². The third kappa shape index (κ3) is 4.44. The van der Waals surface area contributed by atoms with Gasteiger partial charge in [0.2, 0.25) is 0 Å². The van der Waals surface area contributed by atoms with Crippen molar-refractivity contribution < 1.29 is 18.7 Å². The molecule has 33 heavy (non-hydrogen) atoms. The number of nitrogens with one attached hydrogen (secondary N) is 1. The van der Waals surface area contributed by atoms with Crippen molar-refractivity contribution >= 4 is 17.5 Å². The predicted octanol–water partition coefficient (Wildman–Crippen LogP) is 3.43. The summed E-state index contributed by atoms with van der Waals surface area (Å²) in [6, 6.07) is 12.9. The van der Waals surface area contributed by atoms with Crippen LogP contribution in [0.4, 0.5) is 10.1 Å². The molecule has 0 bridgehead atoms. The molecule has 1 aromatic heterocycles. The fraction of sp³-hybridized carbons (Fsp3) is 0.333. The number of anilines is 1. The molecule has 0 saturated heterocycles. The number of para-hydroxylation sites is 2. The fourth-order valence-electron chi connectivity index (χ4n) is 3.83. The van der Waals surface area contributed by atoms with E-state index in [2.05, 4.69) is 15.6 Å². The zero-order valence-electron chi connectivity index (χ0n) is 18.8. The average molecular weight is 452 g/mol. The number of benzene rings is 2. The van der Waals surface area contributed by atoms with Gasteiger partial charge in [0.1, 0.15) is 11.6 Å². The third-order valence-corrected chi connectivity index (χ3v) is 5.81. The van der Waals surface area contributed by atoms with Crippen LogP contribution in [0.5, 0.6) is 5.75 Å². The molecular formula is C24H26FN5O3. The predicted molar refractivity (Wildman–Crippen MR) is 121 cm³/mol. The first-order valence-corrected chi connectivity index (χ1v) is 11.0.